The number of esters is 1. The SMILES string of the molecule is CC(C)(C)CC(CCCCN/C=C(\O)C(O)C(O)C(O)CO)C(=O)OC(C)(C)C. The van der Waals surface area contributed by atoms with Crippen LogP contribution in [0.15, 0.2) is 12.0 Å². The van der Waals surface area contributed by atoms with Gasteiger partial charge in [-0.05, 0) is 45.4 Å². The molecule has 0 heterocycles. The summed E-state index contributed by atoms with van der Waals surface area (Å²) in [5, 5.41) is 49.8. The Morgan fingerprint density at radius 2 is 1.66 bits per heavy atom. The maximum atomic E-state index is 12.5. The third-order valence-corrected chi connectivity index (χ3v) is 4.18. The second kappa shape index (κ2) is 12.4. The number of nitrogens with one attached hydrogen (secondary N) is 1. The second-order valence-corrected chi connectivity index (χ2v) is 9.70. The maximum absolute atomic E-state index is 12.5. The molecule has 0 aromatic carbocycles. The monoisotopic (exact) mass is 419 g/mol. The zero-order chi connectivity index (χ0) is 22.8. The molecule has 0 saturated carbocycles. The molecule has 0 amide bonds. The summed E-state index contributed by atoms with van der Waals surface area (Å²) >= 11 is 0. The molecule has 4 unspecified atom stereocenters. The van der Waals surface area contributed by atoms with Gasteiger partial charge >= 0.3 is 5.97 Å². The van der Waals surface area contributed by atoms with Crippen LogP contribution in [-0.4, -0.2) is 68.6 Å². The van der Waals surface area contributed by atoms with Crippen molar-refractivity contribution in [1.82, 2.24) is 5.32 Å². The van der Waals surface area contributed by atoms with E-state index in [1.165, 1.54) is 0 Å². The summed E-state index contributed by atoms with van der Waals surface area (Å²) in [7, 11) is 0. The average Bonchev–Trinajstić information content (AvgIpc) is 2.58. The largest absolute Gasteiger partial charge is 0.508 e. The van der Waals surface area contributed by atoms with Crippen LogP contribution in [0.3, 0.4) is 0 Å². The number of carbonyl (C=O) groups is 1. The fourth-order valence-electron chi connectivity index (χ4n) is 2.80. The molecule has 0 aliphatic rings. The molecule has 0 radical (unpaired) electrons. The molecule has 0 aliphatic heterocycles. The number of hydrogen-bond donors (Lipinski definition) is 6. The predicted octanol–water partition coefficient (Wildman–Crippen LogP) is 1.61. The van der Waals surface area contributed by atoms with E-state index in [2.05, 4.69) is 26.1 Å². The fourth-order valence-corrected chi connectivity index (χ4v) is 2.80. The molecule has 8 nitrogen and oxygen atoms in total. The lowest BCUT2D eigenvalue weighted by Gasteiger charge is -2.28. The Hall–Kier alpha value is -1.35. The number of ether oxygens (including phenoxy) is 1. The van der Waals surface area contributed by atoms with Crippen molar-refractivity contribution in [3.05, 3.63) is 12.0 Å². The topological polar surface area (TPSA) is 139 Å². The summed E-state index contributed by atoms with van der Waals surface area (Å²) < 4.78 is 5.55. The van der Waals surface area contributed by atoms with Gasteiger partial charge in [-0.25, -0.2) is 0 Å². The first-order valence-corrected chi connectivity index (χ1v) is 10.2. The Morgan fingerprint density at radius 1 is 1.07 bits per heavy atom. The summed E-state index contributed by atoms with van der Waals surface area (Å²) in [6.45, 7) is 11.6. The molecule has 0 saturated heterocycles. The Bertz CT molecular complexity index is 508. The molecule has 0 rings (SSSR count). The minimum Gasteiger partial charge on any atom is -0.508 e. The van der Waals surface area contributed by atoms with Crippen LogP contribution < -0.4 is 5.32 Å². The van der Waals surface area contributed by atoms with Gasteiger partial charge in [-0.3, -0.25) is 4.79 Å². The van der Waals surface area contributed by atoms with E-state index in [9.17, 15) is 25.2 Å². The van der Waals surface area contributed by atoms with Gasteiger partial charge in [-0.15, -0.1) is 0 Å². The highest BCUT2D eigenvalue weighted by Gasteiger charge is 2.29. The Balaban J connectivity index is 4.49. The predicted molar refractivity (Wildman–Crippen MR) is 111 cm³/mol. The van der Waals surface area contributed by atoms with Crippen LogP contribution >= 0.6 is 0 Å². The molecule has 0 bridgehead atoms. The number of rotatable bonds is 12. The summed E-state index contributed by atoms with van der Waals surface area (Å²) in [6.07, 6.45) is -0.869. The van der Waals surface area contributed by atoms with E-state index in [-0.39, 0.29) is 17.3 Å². The van der Waals surface area contributed by atoms with Crippen molar-refractivity contribution in [2.45, 2.75) is 91.1 Å². The van der Waals surface area contributed by atoms with E-state index in [0.717, 1.165) is 25.5 Å². The van der Waals surface area contributed by atoms with Crippen LogP contribution in [0.5, 0.6) is 0 Å². The first-order valence-electron chi connectivity index (χ1n) is 10.2. The van der Waals surface area contributed by atoms with Crippen LogP contribution in [0.4, 0.5) is 0 Å². The smallest absolute Gasteiger partial charge is 0.309 e. The van der Waals surface area contributed by atoms with Crippen molar-refractivity contribution < 1.29 is 35.1 Å². The number of aliphatic hydroxyl groups is 5. The van der Waals surface area contributed by atoms with Gasteiger partial charge in [-0.1, -0.05) is 27.2 Å². The van der Waals surface area contributed by atoms with Gasteiger partial charge in [0, 0.05) is 12.7 Å². The van der Waals surface area contributed by atoms with E-state index in [1.807, 2.05) is 20.8 Å². The van der Waals surface area contributed by atoms with Gasteiger partial charge < -0.3 is 35.6 Å². The van der Waals surface area contributed by atoms with Gasteiger partial charge in [-0.2, -0.15) is 0 Å². The number of unbranched alkanes of at least 4 members (excludes halogenated alkanes) is 1. The van der Waals surface area contributed by atoms with Gasteiger partial charge in [0.1, 0.15) is 29.7 Å². The Kier molecular flexibility index (Phi) is 11.8. The van der Waals surface area contributed by atoms with E-state index < -0.39 is 36.3 Å². The van der Waals surface area contributed by atoms with E-state index in [4.69, 9.17) is 9.84 Å². The molecule has 0 aromatic heterocycles. The molecule has 172 valence electrons. The van der Waals surface area contributed by atoms with Crippen LogP contribution in [0.25, 0.3) is 0 Å². The molecule has 29 heavy (non-hydrogen) atoms. The second-order valence-electron chi connectivity index (χ2n) is 9.70. The highest BCUT2D eigenvalue weighted by atomic mass is 16.6. The highest BCUT2D eigenvalue weighted by Crippen LogP contribution is 2.29. The molecular weight excluding hydrogens is 378 g/mol. The molecule has 0 aliphatic carbocycles. The van der Waals surface area contributed by atoms with Crippen LogP contribution in [0, 0.1) is 11.3 Å². The van der Waals surface area contributed by atoms with Crippen LogP contribution in [0.2, 0.25) is 0 Å². The lowest BCUT2D eigenvalue weighted by molar-refractivity contribution is -0.161. The summed E-state index contributed by atoms with van der Waals surface area (Å²) in [4.78, 5) is 12.5. The van der Waals surface area contributed by atoms with Gasteiger partial charge in [0.05, 0.1) is 12.5 Å². The van der Waals surface area contributed by atoms with Crippen LogP contribution in [0.1, 0.15) is 67.2 Å². The molecule has 0 aromatic rings. The third-order valence-electron chi connectivity index (χ3n) is 4.18. The van der Waals surface area contributed by atoms with Gasteiger partial charge in [0.15, 0.2) is 0 Å². The number of carbonyl (C=O) groups excluding carboxylic acids is 1. The molecular formula is C21H41NO7. The molecule has 8 heteroatoms. The zero-order valence-corrected chi connectivity index (χ0v) is 18.7. The summed E-state index contributed by atoms with van der Waals surface area (Å²) in [5.74, 6) is -0.906. The Morgan fingerprint density at radius 3 is 2.14 bits per heavy atom. The summed E-state index contributed by atoms with van der Waals surface area (Å²) in [5.41, 5.74) is -0.517. The van der Waals surface area contributed by atoms with Crippen molar-refractivity contribution in [2.75, 3.05) is 13.2 Å². The zero-order valence-electron chi connectivity index (χ0n) is 18.7. The highest BCUT2D eigenvalue weighted by molar-refractivity contribution is 5.72. The Labute approximate surface area is 174 Å². The van der Waals surface area contributed by atoms with E-state index in [0.29, 0.717) is 13.0 Å². The average molecular weight is 420 g/mol. The fraction of sp³-hybridized carbons (Fsp3) is 0.857. The minimum atomic E-state index is -1.70. The normalized spacial score (nSPS) is 17.4. The summed E-state index contributed by atoms with van der Waals surface area (Å²) in [6, 6.07) is 0. The number of hydrogen-bond acceptors (Lipinski definition) is 8. The first kappa shape index (κ1) is 27.6. The van der Waals surface area contributed by atoms with Gasteiger partial charge in [0.25, 0.3) is 0 Å². The lowest BCUT2D eigenvalue weighted by atomic mass is 9.82. The molecule has 0 spiro atoms. The first-order chi connectivity index (χ1) is 13.2. The minimum absolute atomic E-state index is 0.00442. The standard InChI is InChI=1S/C21H41NO7/c1-20(2,3)11-14(19(28)29-21(4,5)6)9-7-8-10-22-12-15(24)17(26)18(27)16(25)13-23/h12,14,16-18,22-27H,7-11,13H2,1-6H3/b15-12-. The van der Waals surface area contributed by atoms with Crippen molar-refractivity contribution >= 4 is 5.97 Å². The van der Waals surface area contributed by atoms with Crippen molar-refractivity contribution in [3.8, 4) is 0 Å². The van der Waals surface area contributed by atoms with Crippen molar-refractivity contribution in [1.29, 1.82) is 0 Å². The van der Waals surface area contributed by atoms with Crippen molar-refractivity contribution in [2.24, 2.45) is 11.3 Å². The molecule has 4 atom stereocenters. The van der Waals surface area contributed by atoms with Crippen LogP contribution in [-0.2, 0) is 9.53 Å². The van der Waals surface area contributed by atoms with E-state index in [1.54, 1.807) is 0 Å². The van der Waals surface area contributed by atoms with Gasteiger partial charge in [0.2, 0.25) is 0 Å². The number of aliphatic hydroxyl groups excluding tert-OH is 5. The van der Waals surface area contributed by atoms with Crippen molar-refractivity contribution in [3.63, 3.8) is 0 Å². The van der Waals surface area contributed by atoms with E-state index >= 15 is 0 Å². The molecule has 6 N–H and O–H groups in total. The quantitative estimate of drug-likeness (QED) is 0.159. The third kappa shape index (κ3) is 12.7. The lowest BCUT2D eigenvalue weighted by Crippen LogP contribution is -2.40. The maximum Gasteiger partial charge on any atom is 0.309 e. The molecule has 0 fully saturated rings.